The van der Waals surface area contributed by atoms with Gasteiger partial charge in [0.05, 0.1) is 11.2 Å². The molecule has 6 heteroatoms. The van der Waals surface area contributed by atoms with E-state index in [0.29, 0.717) is 11.6 Å². The number of para-hydroxylation sites is 1. The lowest BCUT2D eigenvalue weighted by Gasteiger charge is -2.09. The van der Waals surface area contributed by atoms with Crippen molar-refractivity contribution in [1.29, 1.82) is 0 Å². The molecule has 0 bridgehead atoms. The molecule has 4 nitrogen and oxygen atoms in total. The largest absolute Gasteiger partial charge is 0.260 e. The van der Waals surface area contributed by atoms with Gasteiger partial charge in [-0.1, -0.05) is 52.3 Å². The van der Waals surface area contributed by atoms with E-state index in [0.717, 1.165) is 32.2 Å². The van der Waals surface area contributed by atoms with Gasteiger partial charge in [0, 0.05) is 15.4 Å². The number of nitrogens with zero attached hydrogens (tertiary/aromatic N) is 3. The highest BCUT2D eigenvalue weighted by atomic mass is 79.9. The topological polar surface area (TPSA) is 50.2 Å². The molecular weight excluding hydrogens is 419 g/mol. The maximum Gasteiger partial charge on any atom is 0.162 e. The van der Waals surface area contributed by atoms with Crippen molar-refractivity contribution in [2.75, 3.05) is 5.43 Å². The van der Waals surface area contributed by atoms with Gasteiger partial charge in [-0.05, 0) is 48.9 Å². The van der Waals surface area contributed by atoms with Crippen LogP contribution in [0.1, 0.15) is 12.5 Å². The van der Waals surface area contributed by atoms with Gasteiger partial charge in [-0.15, -0.1) is 0 Å². The molecule has 1 heterocycles. The van der Waals surface area contributed by atoms with Crippen LogP contribution in [0.15, 0.2) is 82.4 Å². The standard InChI is InChI=1S/C22H16BrFN4/c1-14(15-8-12-18(24)13-9-15)27-28-22-19-4-2-3-5-20(19)25-21(26-22)16-6-10-17(23)11-7-16/h2-13H,1H3,(H,25,26,28)/b27-14+. The van der Waals surface area contributed by atoms with E-state index in [2.05, 4.69) is 36.4 Å². The molecule has 0 saturated heterocycles. The van der Waals surface area contributed by atoms with Crippen LogP contribution >= 0.6 is 15.9 Å². The SMILES string of the molecule is C/C(=N\Nc1nc(-c2ccc(Br)cc2)nc2ccccc12)c1ccc(F)cc1. The maximum atomic E-state index is 13.1. The van der Waals surface area contributed by atoms with Crippen molar-refractivity contribution < 1.29 is 4.39 Å². The number of anilines is 1. The summed E-state index contributed by atoms with van der Waals surface area (Å²) in [6.45, 7) is 1.86. The third-order valence-electron chi connectivity index (χ3n) is 4.30. The Bertz CT molecular complexity index is 1160. The molecule has 4 rings (SSSR count). The van der Waals surface area contributed by atoms with Gasteiger partial charge < -0.3 is 0 Å². The molecule has 0 spiro atoms. The average molecular weight is 435 g/mol. The number of aromatic nitrogens is 2. The summed E-state index contributed by atoms with van der Waals surface area (Å²) >= 11 is 3.45. The number of hydrogen-bond acceptors (Lipinski definition) is 4. The van der Waals surface area contributed by atoms with Crippen molar-refractivity contribution >= 4 is 38.4 Å². The average Bonchev–Trinajstić information content (AvgIpc) is 2.72. The fourth-order valence-corrected chi connectivity index (χ4v) is 3.05. The van der Waals surface area contributed by atoms with Gasteiger partial charge in [0.1, 0.15) is 5.82 Å². The first kappa shape index (κ1) is 18.3. The summed E-state index contributed by atoms with van der Waals surface area (Å²) < 4.78 is 14.1. The summed E-state index contributed by atoms with van der Waals surface area (Å²) in [5, 5.41) is 5.31. The van der Waals surface area contributed by atoms with E-state index >= 15 is 0 Å². The Hall–Kier alpha value is -3.12. The predicted molar refractivity (Wildman–Crippen MR) is 115 cm³/mol. The molecule has 0 radical (unpaired) electrons. The predicted octanol–water partition coefficient (Wildman–Crippen LogP) is 6.03. The summed E-state index contributed by atoms with van der Waals surface area (Å²) in [6, 6.07) is 21.8. The fourth-order valence-electron chi connectivity index (χ4n) is 2.78. The second-order valence-corrected chi connectivity index (χ2v) is 7.15. The highest BCUT2D eigenvalue weighted by Gasteiger charge is 2.09. The second kappa shape index (κ2) is 7.86. The van der Waals surface area contributed by atoms with E-state index in [1.165, 1.54) is 12.1 Å². The Labute approximate surface area is 170 Å². The van der Waals surface area contributed by atoms with Crippen molar-refractivity contribution in [2.24, 2.45) is 5.10 Å². The van der Waals surface area contributed by atoms with Crippen molar-refractivity contribution in [2.45, 2.75) is 6.92 Å². The first-order valence-electron chi connectivity index (χ1n) is 8.69. The second-order valence-electron chi connectivity index (χ2n) is 6.24. The minimum Gasteiger partial charge on any atom is -0.260 e. The van der Waals surface area contributed by atoms with Crippen molar-refractivity contribution in [3.05, 3.63) is 88.6 Å². The Morgan fingerprint density at radius 2 is 1.64 bits per heavy atom. The van der Waals surface area contributed by atoms with Crippen LogP contribution in [0.4, 0.5) is 10.2 Å². The maximum absolute atomic E-state index is 13.1. The van der Waals surface area contributed by atoms with E-state index in [1.54, 1.807) is 12.1 Å². The van der Waals surface area contributed by atoms with Crippen molar-refractivity contribution in [3.8, 4) is 11.4 Å². The summed E-state index contributed by atoms with van der Waals surface area (Å²) in [5.74, 6) is 0.957. The van der Waals surface area contributed by atoms with Crippen LogP contribution in [0.5, 0.6) is 0 Å². The monoisotopic (exact) mass is 434 g/mol. The van der Waals surface area contributed by atoms with E-state index in [-0.39, 0.29) is 5.82 Å². The van der Waals surface area contributed by atoms with E-state index < -0.39 is 0 Å². The smallest absolute Gasteiger partial charge is 0.162 e. The lowest BCUT2D eigenvalue weighted by molar-refractivity contribution is 0.628. The third-order valence-corrected chi connectivity index (χ3v) is 4.83. The van der Waals surface area contributed by atoms with E-state index in [4.69, 9.17) is 0 Å². The van der Waals surface area contributed by atoms with Gasteiger partial charge in [-0.25, -0.2) is 14.4 Å². The van der Waals surface area contributed by atoms with Gasteiger partial charge in [0.15, 0.2) is 11.6 Å². The van der Waals surface area contributed by atoms with Crippen LogP contribution in [-0.2, 0) is 0 Å². The van der Waals surface area contributed by atoms with Crippen molar-refractivity contribution in [1.82, 2.24) is 9.97 Å². The van der Waals surface area contributed by atoms with Gasteiger partial charge in [-0.2, -0.15) is 5.10 Å². The Balaban J connectivity index is 1.73. The van der Waals surface area contributed by atoms with Gasteiger partial charge in [0.25, 0.3) is 0 Å². The Morgan fingerprint density at radius 1 is 0.929 bits per heavy atom. The molecular formula is C22H16BrFN4. The summed E-state index contributed by atoms with van der Waals surface area (Å²) in [7, 11) is 0. The van der Waals surface area contributed by atoms with Crippen molar-refractivity contribution in [3.63, 3.8) is 0 Å². The zero-order valence-electron chi connectivity index (χ0n) is 15.0. The number of fused-ring (bicyclic) bond motifs is 1. The molecule has 0 atom stereocenters. The zero-order valence-corrected chi connectivity index (χ0v) is 16.6. The number of halogens is 2. The lowest BCUT2D eigenvalue weighted by Crippen LogP contribution is -2.03. The highest BCUT2D eigenvalue weighted by molar-refractivity contribution is 9.10. The number of benzene rings is 3. The molecule has 0 aliphatic rings. The lowest BCUT2D eigenvalue weighted by atomic mass is 10.1. The minimum atomic E-state index is -0.273. The van der Waals surface area contributed by atoms with Crippen LogP contribution in [0.3, 0.4) is 0 Å². The Kier molecular flexibility index (Phi) is 5.12. The molecule has 0 fully saturated rings. The van der Waals surface area contributed by atoms with Crippen LogP contribution in [-0.4, -0.2) is 15.7 Å². The summed E-state index contributed by atoms with van der Waals surface area (Å²) in [6.07, 6.45) is 0. The quantitative estimate of drug-likeness (QED) is 0.314. The van der Waals surface area contributed by atoms with Crippen LogP contribution in [0.2, 0.25) is 0 Å². The van der Waals surface area contributed by atoms with Crippen LogP contribution in [0, 0.1) is 5.82 Å². The molecule has 138 valence electrons. The highest BCUT2D eigenvalue weighted by Crippen LogP contribution is 2.26. The fraction of sp³-hybridized carbons (Fsp3) is 0.0455. The summed E-state index contributed by atoms with van der Waals surface area (Å²) in [4.78, 5) is 9.35. The Morgan fingerprint density at radius 3 is 2.39 bits per heavy atom. The van der Waals surface area contributed by atoms with Gasteiger partial charge >= 0.3 is 0 Å². The van der Waals surface area contributed by atoms with E-state index in [1.807, 2.05) is 55.5 Å². The molecule has 1 aromatic heterocycles. The molecule has 0 amide bonds. The van der Waals surface area contributed by atoms with Gasteiger partial charge in [0.2, 0.25) is 0 Å². The molecule has 28 heavy (non-hydrogen) atoms. The van der Waals surface area contributed by atoms with Gasteiger partial charge in [-0.3, -0.25) is 5.43 Å². The number of rotatable bonds is 4. The normalized spacial score (nSPS) is 11.6. The molecule has 0 aliphatic heterocycles. The number of nitrogens with one attached hydrogen (secondary N) is 1. The van der Waals surface area contributed by atoms with E-state index in [9.17, 15) is 4.39 Å². The first-order valence-corrected chi connectivity index (χ1v) is 9.48. The molecule has 1 N–H and O–H groups in total. The first-order chi connectivity index (χ1) is 13.6. The number of hydrogen-bond donors (Lipinski definition) is 1. The molecule has 0 unspecified atom stereocenters. The molecule has 3 aromatic carbocycles. The zero-order chi connectivity index (χ0) is 19.5. The van der Waals surface area contributed by atoms with Crippen LogP contribution < -0.4 is 5.43 Å². The minimum absolute atomic E-state index is 0.273. The molecule has 0 saturated carbocycles. The third kappa shape index (κ3) is 3.92. The summed E-state index contributed by atoms with van der Waals surface area (Å²) in [5.41, 5.74) is 6.36. The molecule has 0 aliphatic carbocycles. The molecule has 4 aromatic rings. The number of hydrazone groups is 1. The van der Waals surface area contributed by atoms with Crippen LogP contribution in [0.25, 0.3) is 22.3 Å².